The lowest BCUT2D eigenvalue weighted by Crippen LogP contribution is -2.51. The number of carbonyl (C=O) groups is 2. The van der Waals surface area contributed by atoms with Crippen LogP contribution in [0.15, 0.2) is 12.1 Å². The van der Waals surface area contributed by atoms with Crippen LogP contribution < -0.4 is 15.8 Å². The van der Waals surface area contributed by atoms with Crippen molar-refractivity contribution in [1.82, 2.24) is 5.32 Å². The van der Waals surface area contributed by atoms with Crippen LogP contribution in [0.3, 0.4) is 0 Å². The Hall–Kier alpha value is -2.31. The fraction of sp³-hybridized carbons (Fsp3) is 0.429. The van der Waals surface area contributed by atoms with Gasteiger partial charge in [-0.1, -0.05) is 6.92 Å². The highest BCUT2D eigenvalue weighted by molar-refractivity contribution is 6.00. The third kappa shape index (κ3) is 3.62. The lowest BCUT2D eigenvalue weighted by molar-refractivity contribution is -0.143. The molecule has 1 rings (SSSR count). The molecule has 0 aliphatic carbocycles. The second-order valence-electron chi connectivity index (χ2n) is 4.75. The van der Waals surface area contributed by atoms with E-state index in [1.165, 1.54) is 13.0 Å². The SMILES string of the molecule is CCOc1cc(N)c(F)cc1C(=O)N[C@](C)(CC)C(=O)O. The van der Waals surface area contributed by atoms with Crippen molar-refractivity contribution in [3.8, 4) is 5.75 Å². The highest BCUT2D eigenvalue weighted by atomic mass is 19.1. The summed E-state index contributed by atoms with van der Waals surface area (Å²) in [7, 11) is 0. The number of halogens is 1. The number of nitrogens with two attached hydrogens (primary N) is 1. The molecule has 4 N–H and O–H groups in total. The molecule has 1 amide bonds. The predicted octanol–water partition coefficient (Wildman–Crippen LogP) is 1.79. The van der Waals surface area contributed by atoms with Crippen LogP contribution in [-0.4, -0.2) is 29.1 Å². The normalized spacial score (nSPS) is 13.3. The summed E-state index contributed by atoms with van der Waals surface area (Å²) in [6, 6.07) is 2.14. The zero-order valence-electron chi connectivity index (χ0n) is 12.2. The molecule has 7 heteroatoms. The molecule has 0 heterocycles. The third-order valence-electron chi connectivity index (χ3n) is 3.21. The van der Waals surface area contributed by atoms with Crippen LogP contribution in [-0.2, 0) is 4.79 Å². The Morgan fingerprint density at radius 3 is 2.52 bits per heavy atom. The van der Waals surface area contributed by atoms with E-state index in [-0.39, 0.29) is 30.0 Å². The van der Waals surface area contributed by atoms with E-state index in [0.29, 0.717) is 0 Å². The Labute approximate surface area is 122 Å². The first-order chi connectivity index (χ1) is 9.75. The van der Waals surface area contributed by atoms with Crippen LogP contribution in [0.2, 0.25) is 0 Å². The van der Waals surface area contributed by atoms with E-state index < -0.39 is 23.2 Å². The van der Waals surface area contributed by atoms with Gasteiger partial charge in [0.05, 0.1) is 17.9 Å². The molecule has 1 atom stereocenters. The fourth-order valence-electron chi connectivity index (χ4n) is 1.63. The van der Waals surface area contributed by atoms with Crippen molar-refractivity contribution in [2.75, 3.05) is 12.3 Å². The summed E-state index contributed by atoms with van der Waals surface area (Å²) in [5.41, 5.74) is 3.75. The van der Waals surface area contributed by atoms with Crippen LogP contribution in [0.4, 0.5) is 10.1 Å². The lowest BCUT2D eigenvalue weighted by Gasteiger charge is -2.25. The maximum atomic E-state index is 13.6. The molecule has 0 saturated heterocycles. The van der Waals surface area contributed by atoms with Crippen LogP contribution in [0.1, 0.15) is 37.6 Å². The van der Waals surface area contributed by atoms with Crippen LogP contribution in [0, 0.1) is 5.82 Å². The number of carboxylic acid groups (broad SMARTS) is 1. The molecule has 6 nitrogen and oxygen atoms in total. The van der Waals surface area contributed by atoms with Crippen molar-refractivity contribution in [2.24, 2.45) is 0 Å². The van der Waals surface area contributed by atoms with Gasteiger partial charge >= 0.3 is 5.97 Å². The van der Waals surface area contributed by atoms with Gasteiger partial charge in [-0.05, 0) is 26.3 Å². The average molecular weight is 298 g/mol. The highest BCUT2D eigenvalue weighted by Gasteiger charge is 2.34. The van der Waals surface area contributed by atoms with E-state index in [9.17, 15) is 14.0 Å². The number of hydrogen-bond acceptors (Lipinski definition) is 4. The van der Waals surface area contributed by atoms with Gasteiger partial charge in [-0.15, -0.1) is 0 Å². The molecule has 116 valence electrons. The topological polar surface area (TPSA) is 102 Å². The molecule has 0 bridgehead atoms. The van der Waals surface area contributed by atoms with Crippen LogP contribution in [0.25, 0.3) is 0 Å². The van der Waals surface area contributed by atoms with Crippen molar-refractivity contribution in [2.45, 2.75) is 32.7 Å². The molecular weight excluding hydrogens is 279 g/mol. The number of carbonyl (C=O) groups excluding carboxylic acids is 1. The number of nitrogen functional groups attached to an aromatic ring is 1. The number of anilines is 1. The first-order valence-corrected chi connectivity index (χ1v) is 6.52. The number of benzene rings is 1. The monoisotopic (exact) mass is 298 g/mol. The summed E-state index contributed by atoms with van der Waals surface area (Å²) in [6.07, 6.45) is 0.176. The molecule has 0 radical (unpaired) electrons. The number of amides is 1. The molecule has 0 aliphatic rings. The molecule has 0 unspecified atom stereocenters. The predicted molar refractivity (Wildman–Crippen MR) is 75.8 cm³/mol. The molecule has 1 aromatic rings. The Kier molecular flexibility index (Phi) is 5.12. The minimum Gasteiger partial charge on any atom is -0.493 e. The number of hydrogen-bond donors (Lipinski definition) is 3. The quantitative estimate of drug-likeness (QED) is 0.695. The van der Waals surface area contributed by atoms with Gasteiger partial charge in [0.15, 0.2) is 0 Å². The van der Waals surface area contributed by atoms with Crippen molar-refractivity contribution >= 4 is 17.6 Å². The maximum Gasteiger partial charge on any atom is 0.329 e. The zero-order chi connectivity index (χ0) is 16.2. The van der Waals surface area contributed by atoms with Gasteiger partial charge in [-0.2, -0.15) is 0 Å². The molecule has 0 spiro atoms. The standard InChI is InChI=1S/C14H19FN2O4/c1-4-14(3,13(19)20)17-12(18)8-6-9(15)10(16)7-11(8)21-5-2/h6-7H,4-5,16H2,1-3H3,(H,17,18)(H,19,20)/t14-/m1/s1. The van der Waals surface area contributed by atoms with Gasteiger partial charge in [0.2, 0.25) is 0 Å². The van der Waals surface area contributed by atoms with Gasteiger partial charge in [0, 0.05) is 6.07 Å². The number of rotatable bonds is 6. The molecule has 0 fully saturated rings. The van der Waals surface area contributed by atoms with E-state index in [1.807, 2.05) is 0 Å². The smallest absolute Gasteiger partial charge is 0.329 e. The summed E-state index contributed by atoms with van der Waals surface area (Å²) in [5.74, 6) is -2.56. The summed E-state index contributed by atoms with van der Waals surface area (Å²) >= 11 is 0. The summed E-state index contributed by atoms with van der Waals surface area (Å²) in [5, 5.41) is 11.5. The van der Waals surface area contributed by atoms with Gasteiger partial charge in [-0.3, -0.25) is 4.79 Å². The van der Waals surface area contributed by atoms with Gasteiger partial charge in [-0.25, -0.2) is 9.18 Å². The number of ether oxygens (including phenoxy) is 1. The fourth-order valence-corrected chi connectivity index (χ4v) is 1.63. The van der Waals surface area contributed by atoms with Crippen molar-refractivity contribution in [3.05, 3.63) is 23.5 Å². The van der Waals surface area contributed by atoms with Crippen molar-refractivity contribution in [1.29, 1.82) is 0 Å². The van der Waals surface area contributed by atoms with E-state index >= 15 is 0 Å². The van der Waals surface area contributed by atoms with E-state index in [4.69, 9.17) is 15.6 Å². The molecule has 1 aromatic carbocycles. The third-order valence-corrected chi connectivity index (χ3v) is 3.21. The van der Waals surface area contributed by atoms with Gasteiger partial charge < -0.3 is 20.9 Å². The maximum absolute atomic E-state index is 13.6. The Morgan fingerprint density at radius 2 is 2.05 bits per heavy atom. The van der Waals surface area contributed by atoms with Gasteiger partial charge in [0.1, 0.15) is 17.1 Å². The average Bonchev–Trinajstić information content (AvgIpc) is 2.42. The summed E-state index contributed by atoms with van der Waals surface area (Å²) in [6.45, 7) is 4.96. The first-order valence-electron chi connectivity index (χ1n) is 6.52. The number of nitrogens with one attached hydrogen (secondary N) is 1. The van der Waals surface area contributed by atoms with Crippen LogP contribution in [0.5, 0.6) is 5.75 Å². The minimum absolute atomic E-state index is 0.0931. The second kappa shape index (κ2) is 6.43. The molecule has 0 saturated carbocycles. The molecular formula is C14H19FN2O4. The largest absolute Gasteiger partial charge is 0.493 e. The van der Waals surface area contributed by atoms with Crippen molar-refractivity contribution < 1.29 is 23.8 Å². The molecule has 0 aromatic heterocycles. The van der Waals surface area contributed by atoms with Crippen molar-refractivity contribution in [3.63, 3.8) is 0 Å². The lowest BCUT2D eigenvalue weighted by atomic mass is 9.98. The van der Waals surface area contributed by atoms with Crippen LogP contribution >= 0.6 is 0 Å². The zero-order valence-corrected chi connectivity index (χ0v) is 12.2. The number of carboxylic acids is 1. The Balaban J connectivity index is 3.17. The van der Waals surface area contributed by atoms with E-state index in [1.54, 1.807) is 13.8 Å². The number of aliphatic carboxylic acids is 1. The molecule has 0 aliphatic heterocycles. The Bertz CT molecular complexity index is 562. The highest BCUT2D eigenvalue weighted by Crippen LogP contribution is 2.25. The Morgan fingerprint density at radius 1 is 1.43 bits per heavy atom. The van der Waals surface area contributed by atoms with E-state index in [0.717, 1.165) is 6.07 Å². The van der Waals surface area contributed by atoms with Gasteiger partial charge in [0.25, 0.3) is 5.91 Å². The molecule has 21 heavy (non-hydrogen) atoms. The minimum atomic E-state index is -1.45. The summed E-state index contributed by atoms with van der Waals surface area (Å²) in [4.78, 5) is 23.4. The first kappa shape index (κ1) is 16.7. The van der Waals surface area contributed by atoms with E-state index in [2.05, 4.69) is 5.32 Å². The second-order valence-corrected chi connectivity index (χ2v) is 4.75. The summed E-state index contributed by atoms with van der Waals surface area (Å²) < 4.78 is 18.8.